The summed E-state index contributed by atoms with van der Waals surface area (Å²) in [5.74, 6) is 3.09. The molecule has 46 heavy (non-hydrogen) atoms. The van der Waals surface area contributed by atoms with E-state index in [1.54, 1.807) is 0 Å². The first-order chi connectivity index (χ1) is 20.7. The molecule has 280 valence electrons. The maximum atomic E-state index is 3.72. The smallest absolute Gasteiger partial charge is 0.343 e. The summed E-state index contributed by atoms with van der Waals surface area (Å²) in [5, 5.41) is 0. The first-order valence-corrected chi connectivity index (χ1v) is 19.1. The van der Waals surface area contributed by atoms with Gasteiger partial charge in [0.05, 0.1) is 0 Å². The zero-order chi connectivity index (χ0) is 36.5. The van der Waals surface area contributed by atoms with E-state index >= 15 is 0 Å². The number of hydrogen-bond acceptors (Lipinski definition) is 0. The van der Waals surface area contributed by atoms with Crippen LogP contribution < -0.4 is 0 Å². The van der Waals surface area contributed by atoms with Crippen molar-refractivity contribution in [3.8, 4) is 0 Å². The molecule has 0 aliphatic rings. The Kier molecular flexibility index (Phi) is 136. The average molecular weight is 721 g/mol. The molecule has 0 spiro atoms. The SMILES string of the molecule is [CH2-]CC(C)C.[CH2-]CC(C)C.[CH2-]CC(C)C.[CH2-]CC(C)C.[CH2-]CCCCC.[CH2-]CCCCC.[CH2-]CCCCC.[CH2-]CCCCC.[Ti+4].[Ti+4]. The Bertz CT molecular complexity index is 244. The molecule has 0 atom stereocenters. The molecular formula is C44H96Ti2. The zero-order valence-electron chi connectivity index (χ0n) is 35.1. The normalized spacial score (nSPS) is 8.87. The fourth-order valence-electron chi connectivity index (χ4n) is 1.71. The molecule has 0 amide bonds. The topological polar surface area (TPSA) is 0 Å². The molecule has 0 aliphatic carbocycles. The Morgan fingerprint density at radius 1 is 0.283 bits per heavy atom. The summed E-state index contributed by atoms with van der Waals surface area (Å²) in [7, 11) is 0. The summed E-state index contributed by atoms with van der Waals surface area (Å²) in [6.07, 6.45) is 24.5. The van der Waals surface area contributed by atoms with Crippen molar-refractivity contribution in [3.05, 3.63) is 55.4 Å². The Morgan fingerprint density at radius 2 is 0.391 bits per heavy atom. The summed E-state index contributed by atoms with van der Waals surface area (Å²) in [6.45, 7) is 55.7. The van der Waals surface area contributed by atoms with Crippen LogP contribution in [-0.4, -0.2) is 0 Å². The van der Waals surface area contributed by atoms with Crippen molar-refractivity contribution in [2.24, 2.45) is 23.7 Å². The molecule has 0 rings (SSSR count). The van der Waals surface area contributed by atoms with E-state index in [2.05, 4.69) is 138 Å². The molecule has 2 heteroatoms. The Labute approximate surface area is 331 Å². The number of rotatable bonds is 16. The average Bonchev–Trinajstić information content (AvgIpc) is 3.02. The standard InChI is InChI=1S/4C6H13.4C5H11.2Ti/c4*1-3-5-6-4-2;4*1-4-5(2)3;;/h4*1,3-6H2,2H3;4*5H,1,4H2,2-3H3;;/q8*-1;2*+4. The fourth-order valence-corrected chi connectivity index (χ4v) is 1.71. The first-order valence-electron chi connectivity index (χ1n) is 19.1. The second kappa shape index (κ2) is 85.7. The van der Waals surface area contributed by atoms with Gasteiger partial charge in [0.1, 0.15) is 0 Å². The van der Waals surface area contributed by atoms with Crippen molar-refractivity contribution >= 4 is 0 Å². The number of unbranched alkanes of at least 4 members (excludes halogenated alkanes) is 12. The molecule has 0 fully saturated rings. The molecule has 0 saturated carbocycles. The van der Waals surface area contributed by atoms with E-state index in [1.165, 1.54) is 77.0 Å². The van der Waals surface area contributed by atoms with E-state index in [0.29, 0.717) is 0 Å². The van der Waals surface area contributed by atoms with Gasteiger partial charge in [-0.2, -0.15) is 51.4 Å². The van der Waals surface area contributed by atoms with Gasteiger partial charge in [-0.3, -0.25) is 0 Å². The Hall–Kier alpha value is 1.43. The van der Waals surface area contributed by atoms with Gasteiger partial charge in [0.25, 0.3) is 0 Å². The minimum Gasteiger partial charge on any atom is -0.343 e. The van der Waals surface area contributed by atoms with Crippen molar-refractivity contribution in [3.63, 3.8) is 0 Å². The maximum Gasteiger partial charge on any atom is 4.00 e. The number of hydrogen-bond donors (Lipinski definition) is 0. The molecule has 0 saturated heterocycles. The van der Waals surface area contributed by atoms with Gasteiger partial charge in [0.2, 0.25) is 0 Å². The van der Waals surface area contributed by atoms with Gasteiger partial charge in [-0.15, -0.1) is 0 Å². The van der Waals surface area contributed by atoms with Crippen molar-refractivity contribution in [1.82, 2.24) is 0 Å². The van der Waals surface area contributed by atoms with Gasteiger partial charge in [-0.1, -0.05) is 184 Å². The van der Waals surface area contributed by atoms with E-state index in [0.717, 1.165) is 75.0 Å². The predicted octanol–water partition coefficient (Wildman–Crippen LogP) is 17.1. The minimum absolute atomic E-state index is 0. The minimum atomic E-state index is 0. The summed E-state index contributed by atoms with van der Waals surface area (Å²) in [6, 6.07) is 0. The first kappa shape index (κ1) is 73.0. The van der Waals surface area contributed by atoms with Gasteiger partial charge in [-0.25, -0.2) is 0 Å². The Balaban J connectivity index is -0.0000000401. The van der Waals surface area contributed by atoms with Crippen molar-refractivity contribution in [2.75, 3.05) is 0 Å². The van der Waals surface area contributed by atoms with Crippen molar-refractivity contribution in [1.29, 1.82) is 0 Å². The van der Waals surface area contributed by atoms with E-state index in [9.17, 15) is 0 Å². The van der Waals surface area contributed by atoms with Crippen LogP contribution in [0.2, 0.25) is 0 Å². The molecular weight excluding hydrogens is 624 g/mol. The Morgan fingerprint density at radius 3 is 0.413 bits per heavy atom. The van der Waals surface area contributed by atoms with Crippen LogP contribution in [0.1, 0.15) is 212 Å². The molecule has 0 unspecified atom stereocenters. The van der Waals surface area contributed by atoms with Crippen LogP contribution >= 0.6 is 0 Å². The molecule has 0 heterocycles. The molecule has 0 bridgehead atoms. The van der Waals surface area contributed by atoms with E-state index in [1.807, 2.05) is 0 Å². The second-order valence-corrected chi connectivity index (χ2v) is 13.0. The molecule has 0 aromatic rings. The summed E-state index contributed by atoms with van der Waals surface area (Å²) < 4.78 is 0. The molecule has 0 nitrogen and oxygen atoms in total. The van der Waals surface area contributed by atoms with Crippen LogP contribution in [0.5, 0.6) is 0 Å². The van der Waals surface area contributed by atoms with Gasteiger partial charge in [0.15, 0.2) is 0 Å². The van der Waals surface area contributed by atoms with Crippen LogP contribution in [0.25, 0.3) is 0 Å². The maximum absolute atomic E-state index is 3.72. The van der Waals surface area contributed by atoms with Gasteiger partial charge in [-0.05, 0) is 0 Å². The van der Waals surface area contributed by atoms with Crippen molar-refractivity contribution < 1.29 is 43.4 Å². The summed E-state index contributed by atoms with van der Waals surface area (Å²) in [4.78, 5) is 0. The predicted molar refractivity (Wildman–Crippen MR) is 217 cm³/mol. The largest absolute Gasteiger partial charge is 4.00 e. The summed E-state index contributed by atoms with van der Waals surface area (Å²) >= 11 is 0. The fraction of sp³-hybridized carbons (Fsp3) is 0.818. The molecule has 0 radical (unpaired) electrons. The van der Waals surface area contributed by atoms with Crippen LogP contribution in [0.3, 0.4) is 0 Å². The third-order valence-corrected chi connectivity index (χ3v) is 5.72. The molecule has 0 N–H and O–H groups in total. The van der Waals surface area contributed by atoms with Crippen molar-refractivity contribution in [2.45, 2.75) is 212 Å². The van der Waals surface area contributed by atoms with Crippen LogP contribution in [0.15, 0.2) is 0 Å². The third kappa shape index (κ3) is 195. The monoisotopic (exact) mass is 721 g/mol. The van der Waals surface area contributed by atoms with Gasteiger partial charge < -0.3 is 55.4 Å². The van der Waals surface area contributed by atoms with E-state index < -0.39 is 0 Å². The zero-order valence-corrected chi connectivity index (χ0v) is 38.2. The third-order valence-electron chi connectivity index (χ3n) is 5.72. The van der Waals surface area contributed by atoms with E-state index in [-0.39, 0.29) is 43.4 Å². The van der Waals surface area contributed by atoms with Crippen LogP contribution in [-0.2, 0) is 43.4 Å². The van der Waals surface area contributed by atoms with Gasteiger partial charge >= 0.3 is 43.4 Å². The van der Waals surface area contributed by atoms with Crippen LogP contribution in [0.4, 0.5) is 0 Å². The van der Waals surface area contributed by atoms with E-state index in [4.69, 9.17) is 0 Å². The van der Waals surface area contributed by atoms with Crippen LogP contribution in [0, 0.1) is 79.1 Å². The molecule has 0 aromatic carbocycles. The molecule has 0 aliphatic heterocycles. The van der Waals surface area contributed by atoms with Gasteiger partial charge in [0, 0.05) is 0 Å². The quantitative estimate of drug-likeness (QED) is 0.0846. The second-order valence-electron chi connectivity index (χ2n) is 13.0. The summed E-state index contributed by atoms with van der Waals surface area (Å²) in [5.41, 5.74) is 0. The molecule has 0 aromatic heterocycles.